The number of quaternary nitrogens is 1. The zero-order chi connectivity index (χ0) is 36.8. The van der Waals surface area contributed by atoms with E-state index in [0.717, 1.165) is 24.3 Å². The van der Waals surface area contributed by atoms with Gasteiger partial charge in [0.05, 0.1) is 42.0 Å². The molecule has 5 heterocycles. The van der Waals surface area contributed by atoms with E-state index in [1.165, 1.54) is 29.4 Å². The molecule has 2 aliphatic heterocycles. The highest BCUT2D eigenvalue weighted by Crippen LogP contribution is 2.49. The lowest BCUT2D eigenvalue weighted by atomic mass is 9.81. The van der Waals surface area contributed by atoms with E-state index in [1.54, 1.807) is 38.1 Å². The maximum atomic E-state index is 17.4. The van der Waals surface area contributed by atoms with Crippen LogP contribution >= 0.6 is 0 Å². The van der Waals surface area contributed by atoms with Crippen molar-refractivity contribution in [2.24, 2.45) is 0 Å². The molecule has 2 unspecified atom stereocenters. The molecule has 2 aliphatic rings. The number of piperidine rings is 2. The standard InChI is InChI=1S/C36H34F8N6O/c1-23-5-3-16-45-30(23)33(37)14-19-50(20-15-33,27-10-7-25(8-11-27)35(39,40)41)29-21-34(38,31-24(2)6-4-17-46-31)13-18-49(29)32(51)48-28-12-9-26(22-47-28)36(42,43)44/h3-12,16-17,22,29H,13-15,18-21H2,1-2H3/p+1. The number of carbonyl (C=O) groups excluding carboxylic acids is 1. The maximum absolute atomic E-state index is 17.4. The average Bonchev–Trinajstić information content (AvgIpc) is 3.08. The van der Waals surface area contributed by atoms with E-state index in [1.807, 2.05) is 0 Å². The molecule has 0 bridgehead atoms. The molecule has 51 heavy (non-hydrogen) atoms. The van der Waals surface area contributed by atoms with Crippen LogP contribution in [0.5, 0.6) is 0 Å². The van der Waals surface area contributed by atoms with Gasteiger partial charge in [-0.15, -0.1) is 0 Å². The first-order valence-electron chi connectivity index (χ1n) is 16.3. The first-order valence-corrected chi connectivity index (χ1v) is 16.3. The number of hydrogen-bond acceptors (Lipinski definition) is 4. The first kappa shape index (κ1) is 36.1. The monoisotopic (exact) mass is 719 g/mol. The highest BCUT2D eigenvalue weighted by molar-refractivity contribution is 5.88. The number of pyridine rings is 3. The summed E-state index contributed by atoms with van der Waals surface area (Å²) < 4.78 is 115. The van der Waals surface area contributed by atoms with Crippen LogP contribution in [0.25, 0.3) is 0 Å². The number of hydrogen-bond donors (Lipinski definition) is 1. The molecular formula is C36H35F8N6O+. The van der Waals surface area contributed by atoms with Crippen molar-refractivity contribution in [3.63, 3.8) is 0 Å². The van der Waals surface area contributed by atoms with Crippen LogP contribution in [0.15, 0.2) is 79.3 Å². The number of aromatic nitrogens is 3. The number of likely N-dealkylation sites (tertiary alicyclic amines) is 2. The largest absolute Gasteiger partial charge is 0.417 e. The highest BCUT2D eigenvalue weighted by atomic mass is 19.4. The molecule has 270 valence electrons. The van der Waals surface area contributed by atoms with Gasteiger partial charge in [0.1, 0.15) is 11.5 Å². The van der Waals surface area contributed by atoms with Crippen molar-refractivity contribution < 1.29 is 39.9 Å². The first-order chi connectivity index (χ1) is 24.0. The summed E-state index contributed by atoms with van der Waals surface area (Å²) in [6, 6.07) is 12.0. The van der Waals surface area contributed by atoms with Crippen molar-refractivity contribution in [2.75, 3.05) is 25.0 Å². The Morgan fingerprint density at radius 2 is 1.31 bits per heavy atom. The summed E-state index contributed by atoms with van der Waals surface area (Å²) in [5.41, 5.74) is -4.11. The van der Waals surface area contributed by atoms with Crippen molar-refractivity contribution >= 4 is 17.5 Å². The lowest BCUT2D eigenvalue weighted by molar-refractivity contribution is -0.138. The number of rotatable bonds is 5. The van der Waals surface area contributed by atoms with Crippen LogP contribution in [0.3, 0.4) is 0 Å². The number of nitrogens with one attached hydrogen (secondary N) is 1. The molecule has 7 nitrogen and oxygen atoms in total. The third kappa shape index (κ3) is 7.00. The predicted molar refractivity (Wildman–Crippen MR) is 174 cm³/mol. The lowest BCUT2D eigenvalue weighted by Crippen LogP contribution is -2.71. The Kier molecular flexibility index (Phi) is 9.32. The zero-order valence-corrected chi connectivity index (χ0v) is 27.7. The quantitative estimate of drug-likeness (QED) is 0.165. The van der Waals surface area contributed by atoms with Gasteiger partial charge in [-0.2, -0.15) is 26.3 Å². The van der Waals surface area contributed by atoms with Gasteiger partial charge >= 0.3 is 18.4 Å². The summed E-state index contributed by atoms with van der Waals surface area (Å²) in [7, 11) is 0. The van der Waals surface area contributed by atoms with Gasteiger partial charge in [0, 0.05) is 44.4 Å². The number of benzene rings is 1. The number of nitrogens with zero attached hydrogens (tertiary/aromatic N) is 5. The van der Waals surface area contributed by atoms with Gasteiger partial charge in [-0.05, 0) is 73.5 Å². The molecular weight excluding hydrogens is 684 g/mol. The van der Waals surface area contributed by atoms with E-state index < -0.39 is 47.0 Å². The zero-order valence-electron chi connectivity index (χ0n) is 27.7. The fourth-order valence-corrected chi connectivity index (χ4v) is 7.47. The minimum Gasteiger partial charge on any atom is -0.292 e. The third-order valence-electron chi connectivity index (χ3n) is 10.2. The van der Waals surface area contributed by atoms with Gasteiger partial charge in [-0.3, -0.25) is 24.7 Å². The molecule has 15 heteroatoms. The Labute approximate surface area is 288 Å². The second-order valence-electron chi connectivity index (χ2n) is 13.3. The summed E-state index contributed by atoms with van der Waals surface area (Å²) in [5, 5.41) is 2.51. The van der Waals surface area contributed by atoms with E-state index in [2.05, 4.69) is 20.3 Å². The van der Waals surface area contributed by atoms with Crippen molar-refractivity contribution in [3.05, 3.63) is 113 Å². The van der Waals surface area contributed by atoms with Gasteiger partial charge in [-0.25, -0.2) is 18.6 Å². The van der Waals surface area contributed by atoms with E-state index in [4.69, 9.17) is 0 Å². The van der Waals surface area contributed by atoms with Crippen LogP contribution in [0, 0.1) is 13.8 Å². The van der Waals surface area contributed by atoms with E-state index >= 15 is 8.78 Å². The van der Waals surface area contributed by atoms with Gasteiger partial charge in [0.2, 0.25) is 0 Å². The number of urea groups is 1. The van der Waals surface area contributed by atoms with Gasteiger partial charge in [-0.1, -0.05) is 12.1 Å². The van der Waals surface area contributed by atoms with Crippen LogP contribution in [0.2, 0.25) is 0 Å². The third-order valence-corrected chi connectivity index (χ3v) is 10.2. The number of aryl methyl sites for hydroxylation is 2. The van der Waals surface area contributed by atoms with Crippen LogP contribution in [0.1, 0.15) is 59.3 Å². The number of alkyl halides is 8. The molecule has 2 amide bonds. The van der Waals surface area contributed by atoms with Crippen LogP contribution < -0.4 is 9.80 Å². The summed E-state index contributed by atoms with van der Waals surface area (Å²) in [6.45, 7) is 3.11. The molecule has 0 aliphatic carbocycles. The Morgan fingerprint density at radius 3 is 1.82 bits per heavy atom. The number of halogens is 8. The van der Waals surface area contributed by atoms with E-state index in [-0.39, 0.29) is 67.0 Å². The van der Waals surface area contributed by atoms with Crippen molar-refractivity contribution in [2.45, 2.75) is 69.4 Å². The molecule has 2 fully saturated rings. The Hall–Kier alpha value is -4.66. The lowest BCUT2D eigenvalue weighted by Gasteiger charge is -2.55. The van der Waals surface area contributed by atoms with Gasteiger partial charge in [0.25, 0.3) is 0 Å². The number of carbonyl (C=O) groups is 1. The van der Waals surface area contributed by atoms with Crippen molar-refractivity contribution in [1.82, 2.24) is 24.3 Å². The molecule has 0 radical (unpaired) electrons. The van der Waals surface area contributed by atoms with Crippen LogP contribution in [-0.2, 0) is 23.7 Å². The molecule has 3 aromatic heterocycles. The molecule has 0 spiro atoms. The SMILES string of the molecule is Cc1cccnc1C1(F)CC[N+](c2ccc(C(F)(F)F)cc2)(C2CC(F)(c3ncccc3C)CCN2C(=O)Nc2ccc(C(F)(F)F)cn2)CC1. The topological polar surface area (TPSA) is 71.0 Å². The summed E-state index contributed by atoms with van der Waals surface area (Å²) >= 11 is 0. The van der Waals surface area contributed by atoms with Gasteiger partial charge < -0.3 is 0 Å². The fourth-order valence-electron chi connectivity index (χ4n) is 7.47. The van der Waals surface area contributed by atoms with Crippen LogP contribution in [0.4, 0.5) is 51.4 Å². The Bertz CT molecular complexity index is 1870. The minimum absolute atomic E-state index is 0.0534. The smallest absolute Gasteiger partial charge is 0.292 e. The molecule has 1 N–H and O–H groups in total. The molecule has 6 rings (SSSR count). The average molecular weight is 720 g/mol. The molecule has 1 aromatic carbocycles. The maximum Gasteiger partial charge on any atom is 0.417 e. The Balaban J connectivity index is 1.44. The second-order valence-corrected chi connectivity index (χ2v) is 13.3. The molecule has 2 atom stereocenters. The van der Waals surface area contributed by atoms with Crippen LogP contribution in [-0.4, -0.2) is 51.7 Å². The van der Waals surface area contributed by atoms with Crippen molar-refractivity contribution in [3.8, 4) is 0 Å². The number of anilines is 1. The molecule has 4 aromatic rings. The summed E-state index contributed by atoms with van der Waals surface area (Å²) in [4.78, 5) is 27.7. The number of amides is 2. The molecule has 0 saturated carbocycles. The fraction of sp³-hybridized carbons (Fsp3) is 0.389. The predicted octanol–water partition coefficient (Wildman–Crippen LogP) is 9.01. The minimum atomic E-state index is -4.66. The summed E-state index contributed by atoms with van der Waals surface area (Å²) in [6.07, 6.45) is -7.80. The van der Waals surface area contributed by atoms with E-state index in [9.17, 15) is 31.1 Å². The Morgan fingerprint density at radius 1 is 0.765 bits per heavy atom. The summed E-state index contributed by atoms with van der Waals surface area (Å²) in [5.74, 6) is -0.197. The van der Waals surface area contributed by atoms with Crippen molar-refractivity contribution in [1.29, 1.82) is 0 Å². The second kappa shape index (κ2) is 13.1. The highest BCUT2D eigenvalue weighted by Gasteiger charge is 2.57. The molecule has 2 saturated heterocycles. The normalized spacial score (nSPS) is 25.8. The van der Waals surface area contributed by atoms with Gasteiger partial charge in [0.15, 0.2) is 17.5 Å². The van der Waals surface area contributed by atoms with E-state index in [0.29, 0.717) is 23.0 Å².